The summed E-state index contributed by atoms with van der Waals surface area (Å²) < 4.78 is 2.51. The van der Waals surface area contributed by atoms with Gasteiger partial charge in [0.1, 0.15) is 0 Å². The van der Waals surface area contributed by atoms with Gasteiger partial charge in [-0.1, -0.05) is 212 Å². The minimum absolute atomic E-state index is 0.00739. The van der Waals surface area contributed by atoms with Gasteiger partial charge in [-0.25, -0.2) is 0 Å². The van der Waals surface area contributed by atoms with E-state index in [0.717, 1.165) is 22.7 Å². The molecule has 77 heavy (non-hydrogen) atoms. The van der Waals surface area contributed by atoms with Crippen molar-refractivity contribution in [2.45, 2.75) is 124 Å². The Morgan fingerprint density at radius 2 is 0.974 bits per heavy atom. The Labute approximate surface area is 459 Å². The van der Waals surface area contributed by atoms with Gasteiger partial charge >= 0.3 is 0 Å². The molecule has 0 amide bonds. The summed E-state index contributed by atoms with van der Waals surface area (Å²) in [6.07, 6.45) is 0. The number of hydrogen-bond acceptors (Lipinski definition) is 2. The smallest absolute Gasteiger partial charge is 0.247 e. The van der Waals surface area contributed by atoms with E-state index in [1.54, 1.807) is 0 Å². The van der Waals surface area contributed by atoms with E-state index in [-0.39, 0.29) is 33.8 Å². The van der Waals surface area contributed by atoms with E-state index in [1.165, 1.54) is 99.8 Å². The molecule has 1 aromatic heterocycles. The summed E-state index contributed by atoms with van der Waals surface area (Å²) in [5.41, 5.74) is 24.7. The van der Waals surface area contributed by atoms with Gasteiger partial charge in [-0.3, -0.25) is 0 Å². The molecule has 0 atom stereocenters. The predicted molar refractivity (Wildman–Crippen MR) is 334 cm³/mol. The Morgan fingerprint density at radius 1 is 0.403 bits per heavy atom. The zero-order chi connectivity index (χ0) is 54.1. The molecule has 0 fully saturated rings. The summed E-state index contributed by atoms with van der Waals surface area (Å²) in [5, 5.41) is 2.59. The molecule has 4 heteroatoms. The van der Waals surface area contributed by atoms with Crippen molar-refractivity contribution in [3.8, 4) is 16.8 Å². The molecule has 0 N–H and O–H groups in total. The average Bonchev–Trinajstić information content (AvgIpc) is 3.80. The highest BCUT2D eigenvalue weighted by molar-refractivity contribution is 6.99. The molecule has 0 unspecified atom stereocenters. The van der Waals surface area contributed by atoms with E-state index < -0.39 is 0 Å². The van der Waals surface area contributed by atoms with E-state index in [2.05, 4.69) is 305 Å². The number of anilines is 6. The molecule has 3 nitrogen and oxygen atoms in total. The third kappa shape index (κ3) is 8.42. The maximum absolute atomic E-state index is 2.62. The zero-order valence-electron chi connectivity index (χ0n) is 47.9. The molecule has 3 heterocycles. The van der Waals surface area contributed by atoms with Gasteiger partial charge in [0, 0.05) is 55.9 Å². The molecule has 0 aliphatic carbocycles. The minimum Gasteiger partial charge on any atom is -0.311 e. The third-order valence-corrected chi connectivity index (χ3v) is 17.0. The second kappa shape index (κ2) is 17.7. The number of fused-ring (bicyclic) bond motifs is 7. The molecule has 9 aromatic carbocycles. The van der Waals surface area contributed by atoms with Gasteiger partial charge in [-0.05, 0) is 156 Å². The van der Waals surface area contributed by atoms with Crippen LogP contribution in [0.1, 0.15) is 130 Å². The molecule has 2 aliphatic rings. The van der Waals surface area contributed by atoms with Crippen LogP contribution in [0.15, 0.2) is 194 Å². The fourth-order valence-electron chi connectivity index (χ4n) is 12.6. The lowest BCUT2D eigenvalue weighted by atomic mass is 9.30. The van der Waals surface area contributed by atoms with Crippen molar-refractivity contribution in [2.24, 2.45) is 0 Å². The van der Waals surface area contributed by atoms with E-state index in [4.69, 9.17) is 0 Å². The van der Waals surface area contributed by atoms with Gasteiger partial charge in [0.2, 0.25) is 6.71 Å². The van der Waals surface area contributed by atoms with Crippen LogP contribution in [-0.4, -0.2) is 11.3 Å². The highest BCUT2D eigenvalue weighted by Gasteiger charge is 2.47. The lowest BCUT2D eigenvalue weighted by molar-refractivity contribution is 0.583. The minimum atomic E-state index is -0.337. The zero-order valence-corrected chi connectivity index (χ0v) is 47.9. The number of aromatic nitrogens is 1. The Bertz CT molecular complexity index is 3910. The van der Waals surface area contributed by atoms with Crippen LogP contribution in [0.2, 0.25) is 0 Å². The maximum Gasteiger partial charge on any atom is 0.247 e. The van der Waals surface area contributed by atoms with Crippen LogP contribution < -0.4 is 26.2 Å². The molecular weight excluding hydrogens is 930 g/mol. The normalized spacial score (nSPS) is 14.2. The first-order chi connectivity index (χ1) is 36.5. The molecule has 0 spiro atoms. The second-order valence-corrected chi connectivity index (χ2v) is 26.8. The summed E-state index contributed by atoms with van der Waals surface area (Å²) >= 11 is 0. The summed E-state index contributed by atoms with van der Waals surface area (Å²) in [7, 11) is 0. The lowest BCUT2D eigenvalue weighted by Crippen LogP contribution is -2.64. The number of hydrogen-bond donors (Lipinski definition) is 0. The van der Waals surface area contributed by atoms with Crippen LogP contribution in [0.3, 0.4) is 0 Å². The average molecular weight is 1000 g/mol. The SMILES string of the molecule is CC(C)(C)c1ccc(N2c3cc(N(c4ccccc4)c4ccc(C(C)(C)C)cc4-c4ccccc4)ccc3B3c4cc5c6cc(C(C)(C)C)ccc6n(-c6ccccc6)c5cc4C(C)(C)c4cc(C(C)(C)C)cc2c43)cc1. The van der Waals surface area contributed by atoms with Gasteiger partial charge in [0.15, 0.2) is 0 Å². The van der Waals surface area contributed by atoms with Gasteiger partial charge in [0.05, 0.1) is 16.7 Å². The monoisotopic (exact) mass is 1000 g/mol. The fraction of sp³-hybridized carbons (Fsp3) is 0.260. The summed E-state index contributed by atoms with van der Waals surface area (Å²) in [6.45, 7) is 32.9. The molecular formula is C73H74BN3. The molecule has 2 aliphatic heterocycles. The van der Waals surface area contributed by atoms with Crippen LogP contribution in [0.5, 0.6) is 0 Å². The van der Waals surface area contributed by atoms with Crippen molar-refractivity contribution in [3.63, 3.8) is 0 Å². The van der Waals surface area contributed by atoms with Crippen LogP contribution >= 0.6 is 0 Å². The highest BCUT2D eigenvalue weighted by atomic mass is 15.2. The van der Waals surface area contributed by atoms with Gasteiger partial charge in [-0.2, -0.15) is 0 Å². The summed E-state index contributed by atoms with van der Waals surface area (Å²) in [4.78, 5) is 5.12. The first kappa shape index (κ1) is 50.3. The number of rotatable bonds is 6. The predicted octanol–water partition coefficient (Wildman–Crippen LogP) is 18.0. The quantitative estimate of drug-likeness (QED) is 0.154. The Kier molecular flexibility index (Phi) is 11.6. The molecule has 0 saturated heterocycles. The van der Waals surface area contributed by atoms with Gasteiger partial charge in [0.25, 0.3) is 0 Å². The molecule has 384 valence electrons. The highest BCUT2D eigenvalue weighted by Crippen LogP contribution is 2.49. The second-order valence-electron chi connectivity index (χ2n) is 26.8. The number of benzene rings is 9. The third-order valence-electron chi connectivity index (χ3n) is 17.0. The topological polar surface area (TPSA) is 11.4 Å². The van der Waals surface area contributed by atoms with Crippen LogP contribution in [0.4, 0.5) is 34.1 Å². The fourth-order valence-corrected chi connectivity index (χ4v) is 12.6. The van der Waals surface area contributed by atoms with Crippen molar-refractivity contribution in [3.05, 3.63) is 228 Å². The van der Waals surface area contributed by atoms with Crippen molar-refractivity contribution in [1.82, 2.24) is 4.57 Å². The van der Waals surface area contributed by atoms with Crippen molar-refractivity contribution in [2.75, 3.05) is 9.80 Å². The van der Waals surface area contributed by atoms with E-state index in [0.29, 0.717) is 0 Å². The molecule has 0 saturated carbocycles. The Balaban J connectivity index is 1.19. The maximum atomic E-state index is 2.62. The van der Waals surface area contributed by atoms with E-state index >= 15 is 0 Å². The Morgan fingerprint density at radius 3 is 1.61 bits per heavy atom. The van der Waals surface area contributed by atoms with Gasteiger partial charge < -0.3 is 14.4 Å². The van der Waals surface area contributed by atoms with E-state index in [1.807, 2.05) is 0 Å². The van der Waals surface area contributed by atoms with Crippen LogP contribution in [0, 0.1) is 0 Å². The van der Waals surface area contributed by atoms with Crippen LogP contribution in [-0.2, 0) is 27.1 Å². The number of para-hydroxylation sites is 2. The van der Waals surface area contributed by atoms with Crippen LogP contribution in [0.25, 0.3) is 38.6 Å². The largest absolute Gasteiger partial charge is 0.311 e. The molecule has 0 bridgehead atoms. The first-order valence-corrected chi connectivity index (χ1v) is 28.0. The van der Waals surface area contributed by atoms with Crippen molar-refractivity contribution < 1.29 is 0 Å². The Hall–Kier alpha value is -7.56. The molecule has 10 aromatic rings. The van der Waals surface area contributed by atoms with Crippen molar-refractivity contribution >= 4 is 79.0 Å². The van der Waals surface area contributed by atoms with Gasteiger partial charge in [-0.15, -0.1) is 0 Å². The number of nitrogens with zero attached hydrogens (tertiary/aromatic N) is 3. The molecule has 12 rings (SSSR count). The molecule has 0 radical (unpaired) electrons. The van der Waals surface area contributed by atoms with Crippen molar-refractivity contribution in [1.29, 1.82) is 0 Å². The first-order valence-electron chi connectivity index (χ1n) is 28.0. The lowest BCUT2D eigenvalue weighted by Gasteiger charge is -2.46. The summed E-state index contributed by atoms with van der Waals surface area (Å²) in [6, 6.07) is 74.4. The summed E-state index contributed by atoms with van der Waals surface area (Å²) in [5.74, 6) is 0. The standard InChI is InChI=1S/C73H74BN3/c1-69(2,3)48-30-34-54(35-31-48)77-66-44-55(75(52-26-20-16-21-27-52)63-38-32-49(70(4,5)6)40-56(63)47-24-18-15-19-25-47)36-37-61(66)74-62-45-58-57-41-50(71(7,8)9)33-39-64(57)76(53-28-22-17-23-29-53)65(58)46-59(62)73(13,14)60-42-51(72(10,11)12)43-67(77)68(60)74/h15-46H,1-14H3. The van der Waals surface area contributed by atoms with E-state index in [9.17, 15) is 0 Å².